The Morgan fingerprint density at radius 2 is 1.95 bits per heavy atom. The summed E-state index contributed by atoms with van der Waals surface area (Å²) in [4.78, 5) is 3.89. The van der Waals surface area contributed by atoms with E-state index in [9.17, 15) is 22.7 Å². The van der Waals surface area contributed by atoms with Crippen LogP contribution in [0, 0.1) is 5.82 Å². The summed E-state index contributed by atoms with van der Waals surface area (Å²) in [5, 5.41) is 11.7. The molecule has 0 spiro atoms. The third-order valence-electron chi connectivity index (χ3n) is 2.29. The Bertz CT molecular complexity index is 599. The van der Waals surface area contributed by atoms with Gasteiger partial charge in [0.25, 0.3) is 0 Å². The zero-order valence-electron chi connectivity index (χ0n) is 9.08. The van der Waals surface area contributed by atoms with E-state index in [1.807, 2.05) is 0 Å². The molecule has 1 N–H and O–H groups in total. The summed E-state index contributed by atoms with van der Waals surface area (Å²) in [6.45, 7) is 0. The molecule has 0 aliphatic rings. The lowest BCUT2D eigenvalue weighted by atomic mass is 10.1. The second kappa shape index (κ2) is 5.18. The molecule has 0 fully saturated rings. The Labute approximate surface area is 117 Å². The van der Waals surface area contributed by atoms with E-state index < -0.39 is 23.7 Å². The van der Waals surface area contributed by atoms with Gasteiger partial charge in [0.1, 0.15) is 21.5 Å². The maximum absolute atomic E-state index is 13.2. The predicted octanol–water partition coefficient (Wildman–Crippen LogP) is 4.15. The van der Waals surface area contributed by atoms with Gasteiger partial charge in [-0.05, 0) is 39.7 Å². The largest absolute Gasteiger partial charge is 0.416 e. The summed E-state index contributed by atoms with van der Waals surface area (Å²) < 4.78 is 51.3. The first-order valence-corrected chi connectivity index (χ1v) is 6.61. The first kappa shape index (κ1) is 14.4. The number of aliphatic hydroxyl groups is 1. The SMILES string of the molecule is OC(c1cc(F)cc(C(F)(F)F)c1)c1nc(Br)cs1. The number of nitrogens with zero attached hydrogens (tertiary/aromatic N) is 1. The van der Waals surface area contributed by atoms with E-state index in [2.05, 4.69) is 20.9 Å². The van der Waals surface area contributed by atoms with Crippen LogP contribution in [0.2, 0.25) is 0 Å². The lowest BCUT2D eigenvalue weighted by Gasteiger charge is -2.12. The molecule has 2 aromatic rings. The number of hydrogen-bond acceptors (Lipinski definition) is 3. The number of hydrogen-bond donors (Lipinski definition) is 1. The van der Waals surface area contributed by atoms with Crippen LogP contribution in [0.3, 0.4) is 0 Å². The Morgan fingerprint density at radius 3 is 2.47 bits per heavy atom. The number of benzene rings is 1. The molecule has 1 heterocycles. The van der Waals surface area contributed by atoms with Gasteiger partial charge in [0.05, 0.1) is 5.56 Å². The van der Waals surface area contributed by atoms with Crippen molar-refractivity contribution in [2.24, 2.45) is 0 Å². The van der Waals surface area contributed by atoms with E-state index in [-0.39, 0.29) is 10.6 Å². The van der Waals surface area contributed by atoms with Crippen LogP contribution in [-0.2, 0) is 6.18 Å². The zero-order valence-corrected chi connectivity index (χ0v) is 11.5. The third kappa shape index (κ3) is 3.31. The molecule has 1 atom stereocenters. The molecule has 1 aromatic heterocycles. The van der Waals surface area contributed by atoms with Gasteiger partial charge in [0, 0.05) is 5.38 Å². The third-order valence-corrected chi connectivity index (χ3v) is 3.90. The van der Waals surface area contributed by atoms with E-state index in [1.165, 1.54) is 0 Å². The van der Waals surface area contributed by atoms with Crippen molar-refractivity contribution in [3.8, 4) is 0 Å². The number of thiazole rings is 1. The summed E-state index contributed by atoms with van der Waals surface area (Å²) in [5.74, 6) is -1.06. The van der Waals surface area contributed by atoms with Crippen molar-refractivity contribution in [1.29, 1.82) is 0 Å². The lowest BCUT2D eigenvalue weighted by molar-refractivity contribution is -0.137. The summed E-state index contributed by atoms with van der Waals surface area (Å²) in [6.07, 6.45) is -6.06. The molecule has 2 rings (SSSR count). The highest BCUT2D eigenvalue weighted by Gasteiger charge is 2.32. The average molecular weight is 356 g/mol. The highest BCUT2D eigenvalue weighted by Crippen LogP contribution is 2.34. The van der Waals surface area contributed by atoms with E-state index in [4.69, 9.17) is 0 Å². The smallest absolute Gasteiger partial charge is 0.381 e. The number of aliphatic hydroxyl groups excluding tert-OH is 1. The molecule has 8 heteroatoms. The molecule has 0 amide bonds. The first-order chi connectivity index (χ1) is 8.77. The standard InChI is InChI=1S/C11H6BrF4NOS/c12-8-4-19-10(17-8)9(18)5-1-6(11(14,15)16)3-7(13)2-5/h1-4,9,18H. The molecule has 0 radical (unpaired) electrons. The minimum atomic E-state index is -4.67. The summed E-state index contributed by atoms with van der Waals surface area (Å²) >= 11 is 4.13. The van der Waals surface area contributed by atoms with Crippen molar-refractivity contribution in [1.82, 2.24) is 4.98 Å². The van der Waals surface area contributed by atoms with E-state index in [0.717, 1.165) is 17.4 Å². The number of alkyl halides is 3. The normalized spacial score (nSPS) is 13.6. The fourth-order valence-electron chi connectivity index (χ4n) is 1.47. The minimum Gasteiger partial charge on any atom is -0.381 e. The van der Waals surface area contributed by atoms with Crippen LogP contribution < -0.4 is 0 Å². The molecule has 102 valence electrons. The molecular weight excluding hydrogens is 350 g/mol. The number of halogens is 5. The summed E-state index contributed by atoms with van der Waals surface area (Å²) in [5.41, 5.74) is -1.33. The number of rotatable bonds is 2. The van der Waals surface area contributed by atoms with Gasteiger partial charge in [-0.15, -0.1) is 11.3 Å². The molecule has 2 nitrogen and oxygen atoms in total. The van der Waals surface area contributed by atoms with Gasteiger partial charge >= 0.3 is 6.18 Å². The van der Waals surface area contributed by atoms with Crippen molar-refractivity contribution in [3.63, 3.8) is 0 Å². The molecule has 0 aliphatic heterocycles. The summed E-state index contributed by atoms with van der Waals surface area (Å²) in [6, 6.07) is 1.95. The van der Waals surface area contributed by atoms with Gasteiger partial charge in [-0.3, -0.25) is 0 Å². The molecule has 1 unspecified atom stereocenters. The second-order valence-electron chi connectivity index (χ2n) is 3.68. The Morgan fingerprint density at radius 1 is 1.26 bits per heavy atom. The topological polar surface area (TPSA) is 33.1 Å². The van der Waals surface area contributed by atoms with Crippen LogP contribution in [-0.4, -0.2) is 10.1 Å². The molecule has 0 saturated heterocycles. The second-order valence-corrected chi connectivity index (χ2v) is 5.38. The number of aromatic nitrogens is 1. The van der Waals surface area contributed by atoms with Crippen molar-refractivity contribution in [2.45, 2.75) is 12.3 Å². The fraction of sp³-hybridized carbons (Fsp3) is 0.182. The lowest BCUT2D eigenvalue weighted by Crippen LogP contribution is -2.08. The van der Waals surface area contributed by atoms with Gasteiger partial charge < -0.3 is 5.11 Å². The Hall–Kier alpha value is -0.990. The summed E-state index contributed by atoms with van der Waals surface area (Å²) in [7, 11) is 0. The van der Waals surface area contributed by atoms with Crippen LogP contribution in [0.5, 0.6) is 0 Å². The van der Waals surface area contributed by atoms with Crippen molar-refractivity contribution in [2.75, 3.05) is 0 Å². The Kier molecular flexibility index (Phi) is 3.93. The van der Waals surface area contributed by atoms with Crippen molar-refractivity contribution >= 4 is 27.3 Å². The van der Waals surface area contributed by atoms with Crippen LogP contribution >= 0.6 is 27.3 Å². The minimum absolute atomic E-state index is 0.186. The van der Waals surface area contributed by atoms with E-state index >= 15 is 0 Å². The van der Waals surface area contributed by atoms with Gasteiger partial charge in [-0.25, -0.2) is 9.37 Å². The van der Waals surface area contributed by atoms with Gasteiger partial charge in [-0.2, -0.15) is 13.2 Å². The molecule has 1 aromatic carbocycles. The maximum Gasteiger partial charge on any atom is 0.416 e. The molecule has 0 bridgehead atoms. The average Bonchev–Trinajstić information content (AvgIpc) is 2.73. The fourth-order valence-corrected chi connectivity index (χ4v) is 2.74. The molecule has 0 aliphatic carbocycles. The van der Waals surface area contributed by atoms with E-state index in [0.29, 0.717) is 16.7 Å². The maximum atomic E-state index is 13.2. The van der Waals surface area contributed by atoms with Crippen LogP contribution in [0.4, 0.5) is 17.6 Å². The molecule has 0 saturated carbocycles. The van der Waals surface area contributed by atoms with Gasteiger partial charge in [0.15, 0.2) is 0 Å². The molecular formula is C11H6BrF4NOS. The van der Waals surface area contributed by atoms with Gasteiger partial charge in [-0.1, -0.05) is 0 Å². The van der Waals surface area contributed by atoms with Crippen molar-refractivity contribution in [3.05, 3.63) is 50.1 Å². The molecule has 19 heavy (non-hydrogen) atoms. The monoisotopic (exact) mass is 355 g/mol. The van der Waals surface area contributed by atoms with Crippen LogP contribution in [0.15, 0.2) is 28.2 Å². The first-order valence-electron chi connectivity index (χ1n) is 4.94. The zero-order chi connectivity index (χ0) is 14.2. The van der Waals surface area contributed by atoms with Crippen molar-refractivity contribution < 1.29 is 22.7 Å². The van der Waals surface area contributed by atoms with Crippen LogP contribution in [0.25, 0.3) is 0 Å². The van der Waals surface area contributed by atoms with Crippen LogP contribution in [0.1, 0.15) is 22.2 Å². The predicted molar refractivity (Wildman–Crippen MR) is 65.3 cm³/mol. The quantitative estimate of drug-likeness (QED) is 0.821. The van der Waals surface area contributed by atoms with Gasteiger partial charge in [0.2, 0.25) is 0 Å². The Balaban J connectivity index is 2.42. The highest BCUT2D eigenvalue weighted by molar-refractivity contribution is 9.10. The van der Waals surface area contributed by atoms with E-state index in [1.54, 1.807) is 5.38 Å². The highest BCUT2D eigenvalue weighted by atomic mass is 79.9.